The van der Waals surface area contributed by atoms with Crippen LogP contribution in [0.4, 0.5) is 10.2 Å². The molecular formula is C25H35FN6O2. The third-order valence-electron chi connectivity index (χ3n) is 4.94. The molecule has 0 fully saturated rings. The maximum absolute atomic E-state index is 12.8. The minimum atomic E-state index is -0.311. The van der Waals surface area contributed by atoms with Gasteiger partial charge in [0.25, 0.3) is 5.56 Å². The molecule has 1 N–H and O–H groups in total. The monoisotopic (exact) mass is 470 g/mol. The summed E-state index contributed by atoms with van der Waals surface area (Å²) in [6, 6.07) is 4.92. The first-order valence-corrected chi connectivity index (χ1v) is 11.1. The molecule has 0 unspecified atom stereocenters. The van der Waals surface area contributed by atoms with Crippen molar-refractivity contribution in [2.45, 2.75) is 46.8 Å². The molecular weight excluding hydrogens is 435 g/mol. The summed E-state index contributed by atoms with van der Waals surface area (Å²) in [6.45, 7) is 16.3. The zero-order valence-electron chi connectivity index (χ0n) is 20.9. The van der Waals surface area contributed by atoms with Gasteiger partial charge in [0, 0.05) is 32.2 Å². The lowest BCUT2D eigenvalue weighted by Crippen LogP contribution is -2.33. The molecule has 0 atom stereocenters. The van der Waals surface area contributed by atoms with Crippen molar-refractivity contribution in [3.05, 3.63) is 76.8 Å². The molecule has 0 aromatic carbocycles. The van der Waals surface area contributed by atoms with Crippen LogP contribution in [0.3, 0.4) is 0 Å². The van der Waals surface area contributed by atoms with Crippen LogP contribution in [-0.2, 0) is 13.1 Å². The first kappa shape index (κ1) is 28.4. The van der Waals surface area contributed by atoms with E-state index < -0.39 is 0 Å². The molecule has 3 rings (SSSR count). The Bertz CT molecular complexity index is 1150. The molecule has 9 heteroatoms. The van der Waals surface area contributed by atoms with Crippen molar-refractivity contribution in [2.24, 2.45) is 0 Å². The molecule has 0 aliphatic heterocycles. The van der Waals surface area contributed by atoms with Gasteiger partial charge in [-0.2, -0.15) is 9.61 Å². The Morgan fingerprint density at radius 3 is 2.41 bits per heavy atom. The summed E-state index contributed by atoms with van der Waals surface area (Å²) in [7, 11) is 3.65. The zero-order chi connectivity index (χ0) is 25.8. The van der Waals surface area contributed by atoms with Crippen LogP contribution >= 0.6 is 0 Å². The lowest BCUT2D eigenvalue weighted by molar-refractivity contribution is 0.111. The molecule has 0 saturated carbocycles. The summed E-state index contributed by atoms with van der Waals surface area (Å²) >= 11 is 0. The average Bonchev–Trinajstić information content (AvgIpc) is 3.29. The van der Waals surface area contributed by atoms with E-state index >= 15 is 0 Å². The van der Waals surface area contributed by atoms with Crippen LogP contribution in [0, 0.1) is 5.82 Å². The summed E-state index contributed by atoms with van der Waals surface area (Å²) in [4.78, 5) is 30.2. The van der Waals surface area contributed by atoms with E-state index in [0.29, 0.717) is 41.5 Å². The van der Waals surface area contributed by atoms with Crippen LogP contribution in [0.1, 0.15) is 49.4 Å². The minimum Gasteiger partial charge on any atom is -0.373 e. The van der Waals surface area contributed by atoms with Crippen molar-refractivity contribution < 1.29 is 9.18 Å². The third kappa shape index (κ3) is 6.95. The van der Waals surface area contributed by atoms with E-state index in [-0.39, 0.29) is 17.4 Å². The lowest BCUT2D eigenvalue weighted by Gasteiger charge is -2.22. The number of carbonyl (C=O) groups is 1. The third-order valence-corrected chi connectivity index (χ3v) is 4.94. The van der Waals surface area contributed by atoms with Gasteiger partial charge in [0.05, 0.1) is 23.1 Å². The second-order valence-electron chi connectivity index (χ2n) is 7.35. The molecule has 0 radical (unpaired) electrons. The maximum atomic E-state index is 12.8. The summed E-state index contributed by atoms with van der Waals surface area (Å²) < 4.78 is 15.2. The number of fused-ring (bicyclic) bond motifs is 1. The van der Waals surface area contributed by atoms with Crippen LogP contribution in [0.2, 0.25) is 0 Å². The van der Waals surface area contributed by atoms with Gasteiger partial charge in [-0.25, -0.2) is 9.37 Å². The smallest absolute Gasteiger partial charge is 0.279 e. The zero-order valence-corrected chi connectivity index (χ0v) is 20.9. The van der Waals surface area contributed by atoms with Gasteiger partial charge >= 0.3 is 0 Å². The molecule has 184 valence electrons. The van der Waals surface area contributed by atoms with Gasteiger partial charge in [0.15, 0.2) is 6.29 Å². The number of nitrogens with one attached hydrogen (secondary N) is 1. The molecule has 0 amide bonds. The Balaban J connectivity index is 0.000000437. The van der Waals surface area contributed by atoms with Crippen molar-refractivity contribution in [3.8, 4) is 0 Å². The predicted molar refractivity (Wildman–Crippen MR) is 137 cm³/mol. The Hall–Kier alpha value is -3.59. The van der Waals surface area contributed by atoms with Crippen molar-refractivity contribution >= 4 is 23.8 Å². The van der Waals surface area contributed by atoms with Crippen LogP contribution in [0.5, 0.6) is 0 Å². The van der Waals surface area contributed by atoms with Crippen molar-refractivity contribution in [2.75, 3.05) is 19.4 Å². The summed E-state index contributed by atoms with van der Waals surface area (Å²) in [5, 5.41) is 7.03. The number of hydrogen-bond donors (Lipinski definition) is 1. The molecule has 0 saturated heterocycles. The van der Waals surface area contributed by atoms with Gasteiger partial charge in [-0.15, -0.1) is 6.58 Å². The lowest BCUT2D eigenvalue weighted by atomic mass is 10.2. The fraction of sp³-hybridized carbons (Fsp3) is 0.360. The van der Waals surface area contributed by atoms with Crippen molar-refractivity contribution in [1.29, 1.82) is 0 Å². The number of aromatic nitrogens is 4. The van der Waals surface area contributed by atoms with E-state index in [1.807, 2.05) is 39.6 Å². The molecule has 3 heterocycles. The second kappa shape index (κ2) is 13.8. The largest absolute Gasteiger partial charge is 0.373 e. The maximum Gasteiger partial charge on any atom is 0.279 e. The standard InChI is InChI=1S/C17H22N4O2.C6H7FN2.C2H6/c1-6-8-20-15(11-22)14(10-19(5)12(3)4)17(23)21-16(20)9-13(7-2)18-21;1-8-6-3-2-5(7)4-9-6;1-2/h6-7,9,11-12H,1-2,8,10H2,3-5H3;2-4H,1H3,(H,8,9);1-2H3. The quantitative estimate of drug-likeness (QED) is 0.391. The van der Waals surface area contributed by atoms with Gasteiger partial charge in [0.2, 0.25) is 0 Å². The number of halogens is 1. The predicted octanol–water partition coefficient (Wildman–Crippen LogP) is 4.27. The average molecular weight is 471 g/mol. The minimum absolute atomic E-state index is 0.249. The Morgan fingerprint density at radius 2 is 1.94 bits per heavy atom. The Morgan fingerprint density at radius 1 is 1.26 bits per heavy atom. The highest BCUT2D eigenvalue weighted by molar-refractivity contribution is 5.76. The van der Waals surface area contributed by atoms with E-state index in [0.717, 1.165) is 6.29 Å². The highest BCUT2D eigenvalue weighted by Crippen LogP contribution is 2.14. The van der Waals surface area contributed by atoms with Crippen LogP contribution in [0.15, 0.2) is 48.4 Å². The van der Waals surface area contributed by atoms with Crippen LogP contribution in [0.25, 0.3) is 11.7 Å². The second-order valence-corrected chi connectivity index (χ2v) is 7.35. The van der Waals surface area contributed by atoms with Gasteiger partial charge < -0.3 is 9.88 Å². The van der Waals surface area contributed by atoms with E-state index in [2.05, 4.69) is 28.6 Å². The number of hydrogen-bond acceptors (Lipinski definition) is 6. The molecule has 0 bridgehead atoms. The van der Waals surface area contributed by atoms with E-state index in [4.69, 9.17) is 0 Å². The topological polar surface area (TPSA) is 84.5 Å². The highest BCUT2D eigenvalue weighted by atomic mass is 19.1. The van der Waals surface area contributed by atoms with Gasteiger partial charge in [-0.05, 0) is 39.1 Å². The SMILES string of the molecule is C=CCn1c(C=O)c(CN(C)C(C)C)c(=O)n2nc(C=C)cc12.CC.CNc1ccc(F)cn1. The summed E-state index contributed by atoms with van der Waals surface area (Å²) in [6.07, 6.45) is 5.17. The first-order valence-electron chi connectivity index (χ1n) is 11.1. The summed E-state index contributed by atoms with van der Waals surface area (Å²) in [5.74, 6) is 0.366. The highest BCUT2D eigenvalue weighted by Gasteiger charge is 2.19. The van der Waals surface area contributed by atoms with Gasteiger partial charge in [-0.1, -0.05) is 26.5 Å². The number of carbonyl (C=O) groups excluding carboxylic acids is 1. The number of aldehydes is 1. The molecule has 34 heavy (non-hydrogen) atoms. The summed E-state index contributed by atoms with van der Waals surface area (Å²) in [5.41, 5.74) is 1.67. The number of allylic oxidation sites excluding steroid dienone is 1. The molecule has 0 aliphatic carbocycles. The molecule has 0 spiro atoms. The number of rotatable bonds is 8. The van der Waals surface area contributed by atoms with Gasteiger partial charge in [0.1, 0.15) is 17.3 Å². The van der Waals surface area contributed by atoms with Crippen LogP contribution in [-0.4, -0.2) is 50.5 Å². The molecule has 3 aromatic heterocycles. The van der Waals surface area contributed by atoms with Crippen molar-refractivity contribution in [3.63, 3.8) is 0 Å². The van der Waals surface area contributed by atoms with Crippen molar-refractivity contribution in [1.82, 2.24) is 24.1 Å². The number of pyridine rings is 1. The Labute approximate surface area is 200 Å². The van der Waals surface area contributed by atoms with E-state index in [9.17, 15) is 14.0 Å². The first-order chi connectivity index (χ1) is 16.3. The fourth-order valence-electron chi connectivity index (χ4n) is 2.91. The fourth-order valence-corrected chi connectivity index (χ4v) is 2.91. The Kier molecular flexibility index (Phi) is 11.6. The normalized spacial score (nSPS) is 10.3. The molecule has 0 aliphatic rings. The van der Waals surface area contributed by atoms with E-state index in [1.165, 1.54) is 16.8 Å². The van der Waals surface area contributed by atoms with Crippen LogP contribution < -0.4 is 10.9 Å². The number of nitrogens with zero attached hydrogens (tertiary/aromatic N) is 5. The number of anilines is 1. The van der Waals surface area contributed by atoms with Gasteiger partial charge in [-0.3, -0.25) is 14.5 Å². The molecule has 8 nitrogen and oxygen atoms in total. The molecule has 3 aromatic rings. The van der Waals surface area contributed by atoms with E-state index in [1.54, 1.807) is 35.9 Å².